The Morgan fingerprint density at radius 1 is 0.826 bits per heavy atom. The Balaban J connectivity index is 2.19. The molecule has 0 bridgehead atoms. The molecule has 0 aromatic heterocycles. The van der Waals surface area contributed by atoms with Gasteiger partial charge in [0, 0.05) is 18.8 Å². The molecule has 0 aliphatic heterocycles. The van der Waals surface area contributed by atoms with Crippen LogP contribution >= 0.6 is 0 Å². The second-order valence-corrected chi connectivity index (χ2v) is 13.5. The maximum Gasteiger partial charge on any atom is 0.310 e. The minimum Gasteiger partial charge on any atom is -0.462 e. The second-order valence-electron chi connectivity index (χ2n) is 13.5. The summed E-state index contributed by atoms with van der Waals surface area (Å²) in [6.45, 7) is 6.10. The fourth-order valence-electron chi connectivity index (χ4n) is 6.09. The molecule has 1 fully saturated rings. The minimum atomic E-state index is -0.912. The molecule has 1 unspecified atom stereocenters. The normalized spacial score (nSPS) is 22.0. The number of hydrogen-bond donors (Lipinski definition) is 4. The van der Waals surface area contributed by atoms with Crippen molar-refractivity contribution in [3.8, 4) is 0 Å². The number of hydrogen-bond acceptors (Lipinski definition) is 8. The van der Waals surface area contributed by atoms with Crippen molar-refractivity contribution in [1.82, 2.24) is 0 Å². The van der Waals surface area contributed by atoms with E-state index in [1.807, 2.05) is 6.08 Å². The summed E-state index contributed by atoms with van der Waals surface area (Å²) in [6.07, 6.45) is 23.6. The lowest BCUT2D eigenvalue weighted by molar-refractivity contribution is -0.160. The number of allylic oxidation sites excluding steroid dienone is 1. The fourth-order valence-corrected chi connectivity index (χ4v) is 6.09. The van der Waals surface area contributed by atoms with Crippen LogP contribution in [0.1, 0.15) is 149 Å². The Morgan fingerprint density at radius 2 is 1.46 bits per heavy atom. The number of carbonyl (C=O) groups excluding carboxylic acids is 2. The summed E-state index contributed by atoms with van der Waals surface area (Å²) in [5, 5.41) is 40.6. The molecule has 0 heterocycles. The predicted octanol–water partition coefficient (Wildman–Crippen LogP) is 7.35. The molecule has 1 rings (SSSR count). The van der Waals surface area contributed by atoms with Crippen LogP contribution in [-0.2, 0) is 19.1 Å². The van der Waals surface area contributed by atoms with E-state index in [1.165, 1.54) is 57.8 Å². The Bertz CT molecular complexity index is 828. The van der Waals surface area contributed by atoms with Crippen LogP contribution in [0.25, 0.3) is 0 Å². The lowest BCUT2D eigenvalue weighted by Crippen LogP contribution is -2.28. The number of carbonyl (C=O) groups is 2. The van der Waals surface area contributed by atoms with E-state index < -0.39 is 37.0 Å². The van der Waals surface area contributed by atoms with Crippen molar-refractivity contribution in [2.45, 2.75) is 174 Å². The third-order valence-corrected chi connectivity index (χ3v) is 9.39. The summed E-state index contributed by atoms with van der Waals surface area (Å²) < 4.78 is 10.5. The van der Waals surface area contributed by atoms with Crippen molar-refractivity contribution in [1.29, 1.82) is 0 Å². The van der Waals surface area contributed by atoms with E-state index in [4.69, 9.17) is 9.47 Å². The smallest absolute Gasteiger partial charge is 0.310 e. The van der Waals surface area contributed by atoms with Gasteiger partial charge >= 0.3 is 11.9 Å². The molecule has 7 atom stereocenters. The maximum atomic E-state index is 12.3. The molecule has 0 spiro atoms. The molecule has 1 saturated carbocycles. The minimum absolute atomic E-state index is 0.0231. The molecule has 4 N–H and O–H groups in total. The van der Waals surface area contributed by atoms with E-state index in [-0.39, 0.29) is 37.3 Å². The molecule has 268 valence electrons. The average Bonchev–Trinajstić information content (AvgIpc) is 3.31. The number of aliphatic hydroxyl groups excluding tert-OH is 4. The topological polar surface area (TPSA) is 134 Å². The summed E-state index contributed by atoms with van der Waals surface area (Å²) in [4.78, 5) is 24.4. The third-order valence-electron chi connectivity index (χ3n) is 9.39. The van der Waals surface area contributed by atoms with Gasteiger partial charge in [-0.2, -0.15) is 0 Å². The van der Waals surface area contributed by atoms with Gasteiger partial charge in [-0.05, 0) is 31.1 Å². The third kappa shape index (κ3) is 20.5. The van der Waals surface area contributed by atoms with Crippen LogP contribution in [0, 0.1) is 17.8 Å². The molecule has 0 aromatic rings. The van der Waals surface area contributed by atoms with Crippen molar-refractivity contribution in [2.75, 3.05) is 13.2 Å². The standard InChI is InChI=1S/C38H68O8/c1-4-6-15-21-31(40)25-26-34-33(35(41)27-36(34)42)22-18-19-24-38(44)46-32(28-39)29-45-37(43)23-17-14-12-10-8-7-9-11-13-16-20-30(3)5-2/h18-19,25-26,30-36,39-42H,4-17,20-24,27-29H2,1-3H3/b19-18-,26-25+/t30?,31-,32+,33+,34-,35+,36-/m1/s1. The first-order chi connectivity index (χ1) is 22.2. The zero-order valence-corrected chi connectivity index (χ0v) is 29.3. The lowest BCUT2D eigenvalue weighted by atomic mass is 9.89. The highest BCUT2D eigenvalue weighted by molar-refractivity contribution is 5.71. The van der Waals surface area contributed by atoms with Crippen molar-refractivity contribution in [3.63, 3.8) is 0 Å². The Hall–Kier alpha value is -1.74. The first kappa shape index (κ1) is 42.3. The van der Waals surface area contributed by atoms with E-state index in [9.17, 15) is 30.0 Å². The highest BCUT2D eigenvalue weighted by Crippen LogP contribution is 2.36. The molecule has 0 amide bonds. The van der Waals surface area contributed by atoms with Crippen molar-refractivity contribution < 1.29 is 39.5 Å². The van der Waals surface area contributed by atoms with Gasteiger partial charge in [0.15, 0.2) is 6.10 Å². The molecule has 8 nitrogen and oxygen atoms in total. The van der Waals surface area contributed by atoms with Crippen LogP contribution in [0.2, 0.25) is 0 Å². The Kier molecular flexibility index (Phi) is 25.0. The number of esters is 2. The molecule has 0 aromatic carbocycles. The molecule has 0 saturated heterocycles. The van der Waals surface area contributed by atoms with E-state index in [0.717, 1.165) is 44.4 Å². The van der Waals surface area contributed by atoms with Crippen LogP contribution in [0.4, 0.5) is 0 Å². The Labute approximate surface area is 280 Å². The number of unbranched alkanes of at least 4 members (excludes halogenated alkanes) is 11. The quantitative estimate of drug-likeness (QED) is 0.0392. The van der Waals surface area contributed by atoms with Gasteiger partial charge < -0.3 is 29.9 Å². The number of rotatable bonds is 28. The summed E-state index contributed by atoms with van der Waals surface area (Å²) in [7, 11) is 0. The van der Waals surface area contributed by atoms with Gasteiger partial charge in [-0.1, -0.05) is 135 Å². The number of aliphatic hydroxyl groups is 4. The maximum absolute atomic E-state index is 12.3. The van der Waals surface area contributed by atoms with E-state index in [1.54, 1.807) is 18.2 Å². The van der Waals surface area contributed by atoms with Gasteiger partial charge in [0.25, 0.3) is 0 Å². The fraction of sp³-hybridized carbons (Fsp3) is 0.842. The van der Waals surface area contributed by atoms with Gasteiger partial charge in [0.1, 0.15) is 6.61 Å². The first-order valence-electron chi connectivity index (χ1n) is 18.5. The predicted molar refractivity (Wildman–Crippen MR) is 184 cm³/mol. The number of ether oxygens (including phenoxy) is 2. The summed E-state index contributed by atoms with van der Waals surface area (Å²) >= 11 is 0. The van der Waals surface area contributed by atoms with Crippen LogP contribution in [0.3, 0.4) is 0 Å². The average molecular weight is 653 g/mol. The molecule has 8 heteroatoms. The first-order valence-corrected chi connectivity index (χ1v) is 18.5. The van der Waals surface area contributed by atoms with Gasteiger partial charge in [0.2, 0.25) is 0 Å². The molecular formula is C38H68O8. The van der Waals surface area contributed by atoms with Gasteiger partial charge in [-0.25, -0.2) is 0 Å². The molecule has 1 aliphatic rings. The molecule has 46 heavy (non-hydrogen) atoms. The monoisotopic (exact) mass is 652 g/mol. The van der Waals surface area contributed by atoms with Crippen LogP contribution in [0.15, 0.2) is 24.3 Å². The lowest BCUT2D eigenvalue weighted by Gasteiger charge is -2.19. The highest BCUT2D eigenvalue weighted by atomic mass is 16.6. The molecule has 0 radical (unpaired) electrons. The van der Waals surface area contributed by atoms with Crippen molar-refractivity contribution >= 4 is 11.9 Å². The van der Waals surface area contributed by atoms with E-state index in [0.29, 0.717) is 19.3 Å². The highest BCUT2D eigenvalue weighted by Gasteiger charge is 2.39. The van der Waals surface area contributed by atoms with E-state index in [2.05, 4.69) is 20.8 Å². The zero-order valence-electron chi connectivity index (χ0n) is 29.3. The molecule has 1 aliphatic carbocycles. The van der Waals surface area contributed by atoms with Gasteiger partial charge in [0.05, 0.1) is 31.3 Å². The Morgan fingerprint density at radius 3 is 2.09 bits per heavy atom. The van der Waals surface area contributed by atoms with Crippen molar-refractivity contribution in [3.05, 3.63) is 24.3 Å². The van der Waals surface area contributed by atoms with Crippen LogP contribution in [-0.4, -0.2) is 70.0 Å². The van der Waals surface area contributed by atoms with Crippen LogP contribution < -0.4 is 0 Å². The summed E-state index contributed by atoms with van der Waals surface area (Å²) in [6, 6.07) is 0. The summed E-state index contributed by atoms with van der Waals surface area (Å²) in [5.74, 6) is -0.525. The SMILES string of the molecule is CCCCC[C@@H](O)/C=C/[C@@H]1[C@H](C/C=C\CC(=O)O[C@@H](CO)COC(=O)CCCCCCCCCCCCC(C)CC)[C@@H](O)C[C@H]1O. The summed E-state index contributed by atoms with van der Waals surface area (Å²) in [5.41, 5.74) is 0. The van der Waals surface area contributed by atoms with Crippen LogP contribution in [0.5, 0.6) is 0 Å². The van der Waals surface area contributed by atoms with E-state index >= 15 is 0 Å². The zero-order chi connectivity index (χ0) is 34.0. The van der Waals surface area contributed by atoms with Gasteiger partial charge in [-0.15, -0.1) is 0 Å². The van der Waals surface area contributed by atoms with Crippen molar-refractivity contribution in [2.24, 2.45) is 17.8 Å². The second kappa shape index (κ2) is 27.2. The van der Waals surface area contributed by atoms with Gasteiger partial charge in [-0.3, -0.25) is 9.59 Å². The largest absolute Gasteiger partial charge is 0.462 e. The molecular weight excluding hydrogens is 584 g/mol.